The molecule has 0 saturated heterocycles. The number of anilines is 1. The molecule has 2 heterocycles. The second kappa shape index (κ2) is 7.44. The van der Waals surface area contributed by atoms with Crippen molar-refractivity contribution >= 4 is 23.6 Å². The van der Waals surface area contributed by atoms with Gasteiger partial charge in [-0.15, -0.1) is 0 Å². The van der Waals surface area contributed by atoms with Crippen molar-refractivity contribution in [3.63, 3.8) is 0 Å². The molecule has 0 amide bonds. The maximum atomic E-state index is 12.5. The van der Waals surface area contributed by atoms with Gasteiger partial charge in [-0.1, -0.05) is 23.7 Å². The van der Waals surface area contributed by atoms with Crippen LogP contribution in [0.3, 0.4) is 0 Å². The summed E-state index contributed by atoms with van der Waals surface area (Å²) in [5.74, 6) is 0.221. The van der Waals surface area contributed by atoms with Crippen molar-refractivity contribution in [2.24, 2.45) is 5.10 Å². The van der Waals surface area contributed by atoms with Crippen LogP contribution in [-0.4, -0.2) is 15.8 Å². The van der Waals surface area contributed by atoms with Gasteiger partial charge in [0, 0.05) is 23.1 Å². The molecule has 0 radical (unpaired) electrons. The molecule has 4 nitrogen and oxygen atoms in total. The van der Waals surface area contributed by atoms with E-state index in [9.17, 15) is 13.2 Å². The van der Waals surface area contributed by atoms with E-state index >= 15 is 0 Å². The highest BCUT2D eigenvalue weighted by Gasteiger charge is 2.30. The van der Waals surface area contributed by atoms with Crippen LogP contribution in [0.2, 0.25) is 5.02 Å². The Hall–Kier alpha value is -2.80. The Labute approximate surface area is 159 Å². The number of pyridine rings is 1. The fraction of sp³-hybridized carbons (Fsp3) is 0.158. The number of hydrogen-bond donors (Lipinski definition) is 1. The summed E-state index contributed by atoms with van der Waals surface area (Å²) >= 11 is 6.29. The van der Waals surface area contributed by atoms with Crippen LogP contribution in [0.25, 0.3) is 5.69 Å². The second-order valence-electron chi connectivity index (χ2n) is 5.91. The van der Waals surface area contributed by atoms with Gasteiger partial charge in [-0.2, -0.15) is 18.3 Å². The molecule has 0 aliphatic rings. The van der Waals surface area contributed by atoms with Crippen molar-refractivity contribution in [2.45, 2.75) is 20.0 Å². The largest absolute Gasteiger partial charge is 0.417 e. The smallest absolute Gasteiger partial charge is 0.316 e. The summed E-state index contributed by atoms with van der Waals surface area (Å²) < 4.78 is 39.6. The maximum absolute atomic E-state index is 12.5. The van der Waals surface area contributed by atoms with E-state index in [1.807, 2.05) is 48.7 Å². The predicted octanol–water partition coefficient (Wildman–Crippen LogP) is 5.61. The van der Waals surface area contributed by atoms with Crippen LogP contribution >= 0.6 is 11.6 Å². The van der Waals surface area contributed by atoms with Gasteiger partial charge in [0.2, 0.25) is 0 Å². The molecule has 8 heteroatoms. The highest BCUT2D eigenvalue weighted by molar-refractivity contribution is 6.32. The molecule has 0 aliphatic carbocycles. The van der Waals surface area contributed by atoms with Gasteiger partial charge < -0.3 is 4.57 Å². The van der Waals surface area contributed by atoms with Crippen LogP contribution in [0.4, 0.5) is 19.0 Å². The summed E-state index contributed by atoms with van der Waals surface area (Å²) in [6.45, 7) is 3.90. The van der Waals surface area contributed by atoms with Crippen LogP contribution in [0.15, 0.2) is 53.8 Å². The molecule has 3 rings (SSSR count). The number of benzene rings is 1. The number of hydrogen-bond acceptors (Lipinski definition) is 3. The quantitative estimate of drug-likeness (QED) is 0.463. The molecule has 0 saturated carbocycles. The van der Waals surface area contributed by atoms with Crippen LogP contribution < -0.4 is 5.43 Å². The lowest BCUT2D eigenvalue weighted by molar-refractivity contribution is -0.137. The van der Waals surface area contributed by atoms with Crippen molar-refractivity contribution in [1.29, 1.82) is 0 Å². The third kappa shape index (κ3) is 4.14. The monoisotopic (exact) mass is 392 g/mol. The summed E-state index contributed by atoms with van der Waals surface area (Å²) in [6.07, 6.45) is -2.05. The Kier molecular flexibility index (Phi) is 5.23. The number of alkyl halides is 3. The maximum Gasteiger partial charge on any atom is 0.417 e. The van der Waals surface area contributed by atoms with E-state index in [1.165, 1.54) is 6.07 Å². The second-order valence-corrected chi connectivity index (χ2v) is 6.32. The van der Waals surface area contributed by atoms with Gasteiger partial charge >= 0.3 is 6.18 Å². The molecule has 0 aliphatic heterocycles. The third-order valence-corrected chi connectivity index (χ3v) is 4.36. The number of para-hydroxylation sites is 1. The Morgan fingerprint density at radius 2 is 1.89 bits per heavy atom. The number of aromatic nitrogens is 2. The molecule has 0 atom stereocenters. The highest BCUT2D eigenvalue weighted by atomic mass is 35.5. The van der Waals surface area contributed by atoms with Gasteiger partial charge in [-0.25, -0.2) is 4.98 Å². The molecule has 1 aromatic carbocycles. The first-order chi connectivity index (χ1) is 12.8. The zero-order valence-corrected chi connectivity index (χ0v) is 15.3. The first kappa shape index (κ1) is 19.0. The lowest BCUT2D eigenvalue weighted by Crippen LogP contribution is -2.05. The molecule has 140 valence electrons. The predicted molar refractivity (Wildman–Crippen MR) is 101 cm³/mol. The van der Waals surface area contributed by atoms with Crippen molar-refractivity contribution in [2.75, 3.05) is 5.43 Å². The molecular formula is C19H16ClF3N4. The lowest BCUT2D eigenvalue weighted by Gasteiger charge is -2.11. The van der Waals surface area contributed by atoms with Crippen molar-refractivity contribution in [1.82, 2.24) is 9.55 Å². The average Bonchev–Trinajstić information content (AvgIpc) is 2.89. The molecule has 2 aromatic heterocycles. The van der Waals surface area contributed by atoms with E-state index in [4.69, 9.17) is 11.6 Å². The van der Waals surface area contributed by atoms with E-state index < -0.39 is 11.7 Å². The van der Waals surface area contributed by atoms with Gasteiger partial charge in [-0.05, 0) is 44.2 Å². The Morgan fingerprint density at radius 3 is 2.52 bits per heavy atom. The zero-order valence-electron chi connectivity index (χ0n) is 14.5. The number of aryl methyl sites for hydroxylation is 1. The van der Waals surface area contributed by atoms with E-state index in [2.05, 4.69) is 15.5 Å². The fourth-order valence-electron chi connectivity index (χ4n) is 2.72. The molecule has 1 N–H and O–H groups in total. The molecule has 27 heavy (non-hydrogen) atoms. The summed E-state index contributed by atoms with van der Waals surface area (Å²) in [5, 5.41) is 4.70. The topological polar surface area (TPSA) is 42.2 Å². The van der Waals surface area contributed by atoms with Gasteiger partial charge in [-0.3, -0.25) is 5.43 Å². The SMILES string of the molecule is Cc1cc(C=NNc2ccc(C(F)(F)F)cn2)c(C)n1-c1ccccc1Cl. The first-order valence-electron chi connectivity index (χ1n) is 8.03. The minimum atomic E-state index is -4.41. The van der Waals surface area contributed by atoms with Crippen LogP contribution in [-0.2, 0) is 6.18 Å². The summed E-state index contributed by atoms with van der Waals surface area (Å²) in [6, 6.07) is 11.6. The van der Waals surface area contributed by atoms with Gasteiger partial charge in [0.15, 0.2) is 0 Å². The molecule has 3 aromatic rings. The van der Waals surface area contributed by atoms with E-state index in [-0.39, 0.29) is 5.82 Å². The van der Waals surface area contributed by atoms with Crippen molar-refractivity contribution in [3.05, 3.63) is 76.2 Å². The number of halogens is 4. The number of nitrogens with one attached hydrogen (secondary N) is 1. The molecule has 0 fully saturated rings. The summed E-state index contributed by atoms with van der Waals surface area (Å²) in [4.78, 5) is 3.71. The van der Waals surface area contributed by atoms with Gasteiger partial charge in [0.1, 0.15) is 5.82 Å². The average molecular weight is 393 g/mol. The number of hydrazone groups is 1. The molecule has 0 unspecified atom stereocenters. The van der Waals surface area contributed by atoms with Crippen LogP contribution in [0, 0.1) is 13.8 Å². The van der Waals surface area contributed by atoms with E-state index in [1.54, 1.807) is 6.21 Å². The van der Waals surface area contributed by atoms with E-state index in [0.717, 1.165) is 34.9 Å². The van der Waals surface area contributed by atoms with Crippen molar-refractivity contribution < 1.29 is 13.2 Å². The summed E-state index contributed by atoms with van der Waals surface area (Å²) in [7, 11) is 0. The minimum absolute atomic E-state index is 0.221. The third-order valence-electron chi connectivity index (χ3n) is 4.04. The number of rotatable bonds is 4. The van der Waals surface area contributed by atoms with Crippen LogP contribution in [0.1, 0.15) is 22.5 Å². The first-order valence-corrected chi connectivity index (χ1v) is 8.41. The lowest BCUT2D eigenvalue weighted by atomic mass is 10.2. The normalized spacial score (nSPS) is 11.9. The highest BCUT2D eigenvalue weighted by Crippen LogP contribution is 2.29. The number of nitrogens with zero attached hydrogens (tertiary/aromatic N) is 3. The zero-order chi connectivity index (χ0) is 19.6. The standard InChI is InChI=1S/C19H16ClF3N4/c1-12-9-14(13(2)27(12)17-6-4-3-5-16(17)20)10-25-26-18-8-7-15(11-24-18)19(21,22)23/h3-11H,1-2H3,(H,24,26). The Morgan fingerprint density at radius 1 is 1.15 bits per heavy atom. The van der Waals surface area contributed by atoms with Crippen LogP contribution in [0.5, 0.6) is 0 Å². The van der Waals surface area contributed by atoms with E-state index in [0.29, 0.717) is 5.02 Å². The fourth-order valence-corrected chi connectivity index (χ4v) is 2.94. The molecule has 0 spiro atoms. The van der Waals surface area contributed by atoms with Crippen molar-refractivity contribution in [3.8, 4) is 5.69 Å². The molecule has 0 bridgehead atoms. The molecular weight excluding hydrogens is 377 g/mol. The summed E-state index contributed by atoms with van der Waals surface area (Å²) in [5.41, 5.74) is 5.47. The van der Waals surface area contributed by atoms with Gasteiger partial charge in [0.05, 0.1) is 22.5 Å². The Bertz CT molecular complexity index is 976. The Balaban J connectivity index is 1.79. The minimum Gasteiger partial charge on any atom is -0.316 e. The van der Waals surface area contributed by atoms with Gasteiger partial charge in [0.25, 0.3) is 0 Å².